The molecule has 0 unspecified atom stereocenters. The Morgan fingerprint density at radius 1 is 0.208 bits per heavy atom. The Morgan fingerprint density at radius 3 is 0.708 bits per heavy atom. The van der Waals surface area contributed by atoms with Gasteiger partial charge in [-0.25, -0.2) is 0 Å². The summed E-state index contributed by atoms with van der Waals surface area (Å²) in [5.41, 5.74) is 16.3. The monoisotopic (exact) mass is 918 g/mol. The van der Waals surface area contributed by atoms with Crippen molar-refractivity contribution >= 4 is 131 Å². The first-order chi connectivity index (χ1) is 35.7. The first-order valence-electron chi connectivity index (χ1n) is 24.6. The topological polar surface area (TPSA) is 46.0 Å². The van der Waals surface area contributed by atoms with Gasteiger partial charge in [0.1, 0.15) is 11.2 Å². The third-order valence-electron chi connectivity index (χ3n) is 15.5. The number of hydrogen-bond acceptors (Lipinski definition) is 2. The molecule has 6 heteroatoms. The lowest BCUT2D eigenvalue weighted by atomic mass is 10.1. The van der Waals surface area contributed by atoms with Crippen LogP contribution in [0.1, 0.15) is 0 Å². The van der Waals surface area contributed by atoms with Gasteiger partial charge in [0, 0.05) is 76.0 Å². The highest BCUT2D eigenvalue weighted by Gasteiger charge is 2.25. The van der Waals surface area contributed by atoms with Crippen LogP contribution in [0.15, 0.2) is 239 Å². The second-order valence-electron chi connectivity index (χ2n) is 19.2. The minimum absolute atomic E-state index is 0.794. The molecule has 0 aliphatic heterocycles. The molecule has 0 spiro atoms. The van der Waals surface area contributed by atoms with Crippen LogP contribution in [0.5, 0.6) is 0 Å². The Labute approximate surface area is 409 Å². The van der Waals surface area contributed by atoms with Crippen molar-refractivity contribution in [1.29, 1.82) is 0 Å². The molecule has 0 atom stereocenters. The number of aromatic nitrogens is 4. The van der Waals surface area contributed by atoms with Gasteiger partial charge < -0.3 is 27.1 Å². The lowest BCUT2D eigenvalue weighted by molar-refractivity contribution is 0.661. The molecule has 0 saturated carbocycles. The number of nitrogens with zero attached hydrogens (tertiary/aromatic N) is 4. The fourth-order valence-corrected chi connectivity index (χ4v) is 12.5. The second kappa shape index (κ2) is 13.9. The first kappa shape index (κ1) is 38.1. The summed E-state index contributed by atoms with van der Waals surface area (Å²) in [6.45, 7) is 0. The third kappa shape index (κ3) is 4.97. The van der Waals surface area contributed by atoms with Crippen molar-refractivity contribution in [3.63, 3.8) is 0 Å². The predicted octanol–water partition coefficient (Wildman–Crippen LogP) is 17.9. The maximum Gasteiger partial charge on any atom is 0.159 e. The Morgan fingerprint density at radius 2 is 0.444 bits per heavy atom. The molecule has 6 nitrogen and oxygen atoms in total. The Balaban J connectivity index is 1.01. The molecule has 6 aromatic heterocycles. The molecule has 0 aliphatic carbocycles. The van der Waals surface area contributed by atoms with Crippen LogP contribution < -0.4 is 0 Å². The number of hydrogen-bond donors (Lipinski definition) is 0. The van der Waals surface area contributed by atoms with Crippen LogP contribution in [0.25, 0.3) is 154 Å². The summed E-state index contributed by atoms with van der Waals surface area (Å²) in [4.78, 5) is 0. The Bertz CT molecular complexity index is 4650. The lowest BCUT2D eigenvalue weighted by Crippen LogP contribution is -1.99. The van der Waals surface area contributed by atoms with E-state index in [0.717, 1.165) is 111 Å². The van der Waals surface area contributed by atoms with Gasteiger partial charge in [-0.2, -0.15) is 0 Å². The zero-order chi connectivity index (χ0) is 46.8. The van der Waals surface area contributed by atoms with Crippen LogP contribution in [0, 0.1) is 0 Å². The summed E-state index contributed by atoms with van der Waals surface area (Å²) in [5, 5.41) is 13.6. The lowest BCUT2D eigenvalue weighted by Gasteiger charge is -2.14. The van der Waals surface area contributed by atoms with Crippen molar-refractivity contribution in [2.45, 2.75) is 0 Å². The van der Waals surface area contributed by atoms with Gasteiger partial charge in [0.2, 0.25) is 0 Å². The van der Waals surface area contributed by atoms with Crippen molar-refractivity contribution < 1.29 is 8.83 Å². The summed E-state index contributed by atoms with van der Waals surface area (Å²) in [6, 6.07) is 83.4. The normalized spacial score (nSPS) is 12.4. The molecule has 0 saturated heterocycles. The quantitative estimate of drug-likeness (QED) is 0.177. The van der Waals surface area contributed by atoms with Crippen LogP contribution in [-0.2, 0) is 0 Å². The Hall–Kier alpha value is -9.78. The minimum Gasteiger partial charge on any atom is -0.454 e. The van der Waals surface area contributed by atoms with Crippen molar-refractivity contribution in [3.8, 4) is 22.7 Å². The van der Waals surface area contributed by atoms with Gasteiger partial charge in [-0.1, -0.05) is 146 Å². The van der Waals surface area contributed by atoms with Gasteiger partial charge in [-0.3, -0.25) is 0 Å². The van der Waals surface area contributed by atoms with Crippen LogP contribution in [-0.4, -0.2) is 18.3 Å². The molecule has 0 aliphatic rings. The largest absolute Gasteiger partial charge is 0.454 e. The van der Waals surface area contributed by atoms with E-state index < -0.39 is 0 Å². The van der Waals surface area contributed by atoms with Gasteiger partial charge in [-0.05, 0) is 84.9 Å². The van der Waals surface area contributed by atoms with E-state index in [1.165, 1.54) is 43.1 Å². The highest BCUT2D eigenvalue weighted by atomic mass is 16.3. The molecular formula is C66H38N4O2. The maximum atomic E-state index is 7.33. The minimum atomic E-state index is 0.794. The molecule has 72 heavy (non-hydrogen) atoms. The smallest absolute Gasteiger partial charge is 0.159 e. The van der Waals surface area contributed by atoms with E-state index in [1.807, 2.05) is 0 Å². The van der Waals surface area contributed by atoms with Gasteiger partial charge in [0.05, 0.1) is 55.5 Å². The number of benzene rings is 11. The van der Waals surface area contributed by atoms with Gasteiger partial charge in [0.15, 0.2) is 11.2 Å². The highest BCUT2D eigenvalue weighted by molar-refractivity contribution is 6.20. The van der Waals surface area contributed by atoms with Gasteiger partial charge in [0.25, 0.3) is 0 Å². The second-order valence-corrected chi connectivity index (χ2v) is 19.2. The molecule has 17 rings (SSSR count). The predicted molar refractivity (Wildman–Crippen MR) is 298 cm³/mol. The van der Waals surface area contributed by atoms with E-state index >= 15 is 0 Å². The fraction of sp³-hybridized carbons (Fsp3) is 0. The zero-order valence-corrected chi connectivity index (χ0v) is 38.5. The molecule has 0 bridgehead atoms. The van der Waals surface area contributed by atoms with Crippen molar-refractivity contribution in [2.24, 2.45) is 0 Å². The molecule has 334 valence electrons. The van der Waals surface area contributed by atoms with Crippen molar-refractivity contribution in [3.05, 3.63) is 231 Å². The molecule has 0 N–H and O–H groups in total. The summed E-state index contributed by atoms with van der Waals surface area (Å²) in [5.74, 6) is 0. The molecule has 6 heterocycles. The zero-order valence-electron chi connectivity index (χ0n) is 38.5. The van der Waals surface area contributed by atoms with Crippen molar-refractivity contribution in [2.75, 3.05) is 0 Å². The fourth-order valence-electron chi connectivity index (χ4n) is 12.5. The summed E-state index contributed by atoms with van der Waals surface area (Å²) >= 11 is 0. The summed E-state index contributed by atoms with van der Waals surface area (Å²) in [7, 11) is 0. The number of para-hydroxylation sites is 8. The van der Waals surface area contributed by atoms with Crippen LogP contribution in [0.2, 0.25) is 0 Å². The number of furan rings is 2. The van der Waals surface area contributed by atoms with Crippen LogP contribution >= 0.6 is 0 Å². The number of rotatable bonds is 4. The molecule has 0 fully saturated rings. The third-order valence-corrected chi connectivity index (χ3v) is 15.5. The van der Waals surface area contributed by atoms with Crippen LogP contribution in [0.3, 0.4) is 0 Å². The summed E-state index contributed by atoms with van der Waals surface area (Å²) < 4.78 is 24.3. The van der Waals surface area contributed by atoms with E-state index in [9.17, 15) is 0 Å². The number of fused-ring (bicyclic) bond motifs is 18. The van der Waals surface area contributed by atoms with E-state index in [4.69, 9.17) is 8.83 Å². The first-order valence-corrected chi connectivity index (χ1v) is 24.6. The van der Waals surface area contributed by atoms with Crippen molar-refractivity contribution in [1.82, 2.24) is 18.3 Å². The molecule has 17 aromatic rings. The molecule has 0 amide bonds. The van der Waals surface area contributed by atoms with Crippen LogP contribution in [0.4, 0.5) is 0 Å². The standard InChI is InChI=1S/C66H38N4O2/c1-9-25-53-41(17-1)42-18-2-10-26-54(42)67(53)39-33-51-49-37-64-50(38-63(49)71-65(51)61(35-39)69-57-29-13-5-21-45(57)46-22-6-14-30-58(46)69)52-34-40(68-55-27-11-3-19-43(55)44-20-4-12-28-56(44)68)36-62(66(52)72-64)70-59-31-15-7-23-47(59)48-24-8-16-32-60(48)70/h1-38H. The van der Waals surface area contributed by atoms with E-state index in [1.54, 1.807) is 0 Å². The average Bonchev–Trinajstić information content (AvgIpc) is 4.28. The SMILES string of the molecule is c1ccc2c(c1)c1ccccc1n2-c1cc(-n2c3ccccc3c3ccccc32)c2oc3cc4c(cc3c2c1)oc1c(-n2c3ccccc3c3ccccc32)cc(-n2c3ccccc3c3ccccc32)cc14. The summed E-state index contributed by atoms with van der Waals surface area (Å²) in [6.07, 6.45) is 0. The Kier molecular flexibility index (Phi) is 7.38. The average molecular weight is 919 g/mol. The van der Waals surface area contributed by atoms with E-state index in [2.05, 4.69) is 249 Å². The highest BCUT2D eigenvalue weighted by Crippen LogP contribution is 2.46. The molecule has 11 aromatic carbocycles. The van der Waals surface area contributed by atoms with Gasteiger partial charge >= 0.3 is 0 Å². The van der Waals surface area contributed by atoms with E-state index in [-0.39, 0.29) is 0 Å². The molecule has 0 radical (unpaired) electrons. The van der Waals surface area contributed by atoms with Gasteiger partial charge in [-0.15, -0.1) is 0 Å². The molecular weight excluding hydrogens is 881 g/mol. The maximum absolute atomic E-state index is 7.33. The van der Waals surface area contributed by atoms with E-state index in [0.29, 0.717) is 0 Å².